The van der Waals surface area contributed by atoms with E-state index in [1.807, 2.05) is 0 Å². The van der Waals surface area contributed by atoms with E-state index in [4.69, 9.17) is 5.73 Å². The topological polar surface area (TPSA) is 127 Å². The molecule has 0 spiro atoms. The summed E-state index contributed by atoms with van der Waals surface area (Å²) in [6, 6.07) is 6.11. The zero-order valence-electron chi connectivity index (χ0n) is 10.5. The highest BCUT2D eigenvalue weighted by Crippen LogP contribution is 2.23. The molecule has 0 aliphatic heterocycles. The van der Waals surface area contributed by atoms with E-state index in [0.29, 0.717) is 5.56 Å². The number of hydrogen-bond donors (Lipinski definition) is 3. The van der Waals surface area contributed by atoms with Gasteiger partial charge in [0.05, 0.1) is 17.2 Å². The third kappa shape index (κ3) is 2.67. The molecule has 4 N–H and O–H groups in total. The first kappa shape index (κ1) is 14.1. The van der Waals surface area contributed by atoms with Gasteiger partial charge >= 0.3 is 0 Å². The molecule has 0 aliphatic rings. The second-order valence-corrected chi connectivity index (χ2v) is 4.21. The normalized spacial score (nSPS) is 13.9. The van der Waals surface area contributed by atoms with Gasteiger partial charge in [0.25, 0.3) is 5.69 Å². The Morgan fingerprint density at radius 2 is 2.10 bits per heavy atom. The van der Waals surface area contributed by atoms with E-state index in [-0.39, 0.29) is 17.9 Å². The number of para-hydroxylation sites is 2. The van der Waals surface area contributed by atoms with Crippen molar-refractivity contribution in [3.05, 3.63) is 52.3 Å². The van der Waals surface area contributed by atoms with Crippen LogP contribution in [0.3, 0.4) is 0 Å². The Balaban J connectivity index is 2.36. The van der Waals surface area contributed by atoms with E-state index in [1.54, 1.807) is 18.2 Å². The number of benzene rings is 1. The number of nitro groups is 1. The SMILES string of the molecule is NCC(O)C(O)c1cnn(-c2ccccc2[N+](=O)[O-])c1. The van der Waals surface area contributed by atoms with Crippen LogP contribution in [0.1, 0.15) is 11.7 Å². The van der Waals surface area contributed by atoms with E-state index in [0.717, 1.165) is 0 Å². The highest BCUT2D eigenvalue weighted by molar-refractivity contribution is 5.51. The van der Waals surface area contributed by atoms with Gasteiger partial charge in [-0.3, -0.25) is 10.1 Å². The van der Waals surface area contributed by atoms with Gasteiger partial charge in [0.15, 0.2) is 0 Å². The summed E-state index contributed by atoms with van der Waals surface area (Å²) in [5.41, 5.74) is 5.78. The van der Waals surface area contributed by atoms with Crippen LogP contribution in [0.5, 0.6) is 0 Å². The smallest absolute Gasteiger partial charge is 0.294 e. The predicted octanol–water partition coefficient (Wildman–Crippen LogP) is 0.134. The molecule has 20 heavy (non-hydrogen) atoms. The Kier molecular flexibility index (Phi) is 4.08. The number of nitrogens with two attached hydrogens (primary N) is 1. The quantitative estimate of drug-likeness (QED) is 0.527. The van der Waals surface area contributed by atoms with Crippen molar-refractivity contribution in [2.45, 2.75) is 12.2 Å². The van der Waals surface area contributed by atoms with Gasteiger partial charge in [0.2, 0.25) is 0 Å². The molecule has 0 aliphatic carbocycles. The molecule has 8 heteroatoms. The molecule has 0 radical (unpaired) electrons. The first-order chi connectivity index (χ1) is 9.54. The molecule has 8 nitrogen and oxygen atoms in total. The third-order valence-corrected chi connectivity index (χ3v) is 2.88. The highest BCUT2D eigenvalue weighted by atomic mass is 16.6. The van der Waals surface area contributed by atoms with Crippen LogP contribution in [-0.2, 0) is 0 Å². The number of hydrogen-bond acceptors (Lipinski definition) is 6. The monoisotopic (exact) mass is 278 g/mol. The first-order valence-corrected chi connectivity index (χ1v) is 5.89. The summed E-state index contributed by atoms with van der Waals surface area (Å²) in [4.78, 5) is 10.4. The van der Waals surface area contributed by atoms with Crippen LogP contribution in [-0.4, -0.2) is 37.6 Å². The van der Waals surface area contributed by atoms with Crippen LogP contribution in [0.2, 0.25) is 0 Å². The Labute approximate surface area is 114 Å². The lowest BCUT2D eigenvalue weighted by Gasteiger charge is -2.13. The van der Waals surface area contributed by atoms with Crippen LogP contribution in [0.4, 0.5) is 5.69 Å². The maximum Gasteiger partial charge on any atom is 0.294 e. The molecule has 0 saturated carbocycles. The van der Waals surface area contributed by atoms with Gasteiger partial charge in [-0.05, 0) is 6.07 Å². The fourth-order valence-electron chi connectivity index (χ4n) is 1.78. The van der Waals surface area contributed by atoms with Crippen molar-refractivity contribution in [2.75, 3.05) is 6.54 Å². The summed E-state index contributed by atoms with van der Waals surface area (Å²) in [5, 5.41) is 34.2. The zero-order chi connectivity index (χ0) is 14.7. The Bertz CT molecular complexity index is 613. The van der Waals surface area contributed by atoms with Gasteiger partial charge in [-0.2, -0.15) is 5.10 Å². The number of aliphatic hydroxyl groups is 2. The standard InChI is InChI=1S/C12H14N4O4/c13-5-11(17)12(18)8-6-14-15(7-8)9-3-1-2-4-10(9)16(19)20/h1-4,6-7,11-12,17-18H,5,13H2. The summed E-state index contributed by atoms with van der Waals surface area (Å²) < 4.78 is 1.28. The Morgan fingerprint density at radius 1 is 1.40 bits per heavy atom. The summed E-state index contributed by atoms with van der Waals surface area (Å²) in [7, 11) is 0. The van der Waals surface area contributed by atoms with Crippen LogP contribution in [0.15, 0.2) is 36.7 Å². The summed E-state index contributed by atoms with van der Waals surface area (Å²) in [6.07, 6.45) is 0.460. The highest BCUT2D eigenvalue weighted by Gasteiger charge is 2.20. The fourth-order valence-corrected chi connectivity index (χ4v) is 1.78. The molecule has 1 aromatic heterocycles. The van der Waals surface area contributed by atoms with Gasteiger partial charge in [-0.15, -0.1) is 0 Å². The lowest BCUT2D eigenvalue weighted by Crippen LogP contribution is -2.26. The number of nitrogens with zero attached hydrogens (tertiary/aromatic N) is 3. The van der Waals surface area contributed by atoms with E-state index >= 15 is 0 Å². The molecule has 0 saturated heterocycles. The largest absolute Gasteiger partial charge is 0.389 e. The summed E-state index contributed by atoms with van der Waals surface area (Å²) in [5.74, 6) is 0. The van der Waals surface area contributed by atoms with Gasteiger partial charge in [0, 0.05) is 24.4 Å². The summed E-state index contributed by atoms with van der Waals surface area (Å²) in [6.45, 7) is -0.0994. The fraction of sp³-hybridized carbons (Fsp3) is 0.250. The van der Waals surface area contributed by atoms with Gasteiger partial charge in [-0.1, -0.05) is 12.1 Å². The predicted molar refractivity (Wildman–Crippen MR) is 70.2 cm³/mol. The van der Waals surface area contributed by atoms with Crippen LogP contribution in [0, 0.1) is 10.1 Å². The van der Waals surface area contributed by atoms with E-state index in [9.17, 15) is 20.3 Å². The zero-order valence-corrected chi connectivity index (χ0v) is 10.5. The van der Waals surface area contributed by atoms with E-state index < -0.39 is 17.1 Å². The van der Waals surface area contributed by atoms with Crippen LogP contribution >= 0.6 is 0 Å². The molecule has 2 rings (SSSR count). The van der Waals surface area contributed by atoms with Crippen molar-refractivity contribution < 1.29 is 15.1 Å². The van der Waals surface area contributed by atoms with E-state index in [1.165, 1.54) is 23.1 Å². The van der Waals surface area contributed by atoms with Gasteiger partial charge in [0.1, 0.15) is 11.8 Å². The second-order valence-electron chi connectivity index (χ2n) is 4.21. The molecule has 1 aromatic carbocycles. The van der Waals surface area contributed by atoms with E-state index in [2.05, 4.69) is 5.10 Å². The Morgan fingerprint density at radius 3 is 2.75 bits per heavy atom. The lowest BCUT2D eigenvalue weighted by molar-refractivity contribution is -0.384. The van der Waals surface area contributed by atoms with Crippen molar-refractivity contribution in [1.29, 1.82) is 0 Å². The minimum Gasteiger partial charge on any atom is -0.389 e. The molecular formula is C12H14N4O4. The van der Waals surface area contributed by atoms with Crippen molar-refractivity contribution in [3.63, 3.8) is 0 Å². The molecule has 0 amide bonds. The Hall–Kier alpha value is -2.29. The molecule has 2 unspecified atom stereocenters. The minimum absolute atomic E-state index is 0.0994. The average molecular weight is 278 g/mol. The van der Waals surface area contributed by atoms with Crippen molar-refractivity contribution >= 4 is 5.69 Å². The van der Waals surface area contributed by atoms with Crippen LogP contribution in [0.25, 0.3) is 5.69 Å². The molecular weight excluding hydrogens is 264 g/mol. The second kappa shape index (κ2) is 5.78. The summed E-state index contributed by atoms with van der Waals surface area (Å²) >= 11 is 0. The average Bonchev–Trinajstić information content (AvgIpc) is 2.95. The van der Waals surface area contributed by atoms with Crippen molar-refractivity contribution in [1.82, 2.24) is 9.78 Å². The minimum atomic E-state index is -1.18. The molecule has 2 aromatic rings. The van der Waals surface area contributed by atoms with Gasteiger partial charge < -0.3 is 15.9 Å². The van der Waals surface area contributed by atoms with Crippen molar-refractivity contribution in [3.8, 4) is 5.69 Å². The molecule has 106 valence electrons. The molecule has 2 atom stereocenters. The van der Waals surface area contributed by atoms with Crippen molar-refractivity contribution in [2.24, 2.45) is 5.73 Å². The molecule has 0 bridgehead atoms. The number of aliphatic hydroxyl groups excluding tert-OH is 2. The number of rotatable bonds is 5. The van der Waals surface area contributed by atoms with Crippen LogP contribution < -0.4 is 5.73 Å². The molecule has 1 heterocycles. The van der Waals surface area contributed by atoms with Gasteiger partial charge in [-0.25, -0.2) is 4.68 Å². The first-order valence-electron chi connectivity index (χ1n) is 5.89. The third-order valence-electron chi connectivity index (χ3n) is 2.88. The maximum absolute atomic E-state index is 10.9. The molecule has 0 fully saturated rings. The maximum atomic E-state index is 10.9. The number of aromatic nitrogens is 2. The lowest BCUT2D eigenvalue weighted by atomic mass is 10.1. The number of nitro benzene ring substituents is 1.